The number of rotatable bonds is 0. The lowest BCUT2D eigenvalue weighted by molar-refractivity contribution is -0.198. The summed E-state index contributed by atoms with van der Waals surface area (Å²) >= 11 is 0. The molecule has 3 rings (SSSR count). The first kappa shape index (κ1) is 12.6. The van der Waals surface area contributed by atoms with Gasteiger partial charge in [-0.3, -0.25) is 4.79 Å². The van der Waals surface area contributed by atoms with Gasteiger partial charge in [-0.25, -0.2) is 0 Å². The van der Waals surface area contributed by atoms with Gasteiger partial charge < -0.3 is 10.0 Å². The van der Waals surface area contributed by atoms with Crippen molar-refractivity contribution in [2.24, 2.45) is 11.3 Å². The Morgan fingerprint density at radius 2 is 2.00 bits per heavy atom. The Hall–Kier alpha value is -0.410. The lowest BCUT2D eigenvalue weighted by Gasteiger charge is -2.59. The third-order valence-corrected chi connectivity index (χ3v) is 5.73. The second kappa shape index (κ2) is 4.31. The first-order chi connectivity index (χ1) is 8.58. The van der Waals surface area contributed by atoms with Crippen molar-refractivity contribution in [1.29, 1.82) is 0 Å². The molecule has 0 radical (unpaired) electrons. The molecule has 2 saturated carbocycles. The van der Waals surface area contributed by atoms with Crippen molar-refractivity contribution in [2.75, 3.05) is 20.1 Å². The van der Waals surface area contributed by atoms with E-state index in [2.05, 4.69) is 11.9 Å². The summed E-state index contributed by atoms with van der Waals surface area (Å²) in [6, 6.07) is 0. The van der Waals surface area contributed by atoms with Gasteiger partial charge in [-0.2, -0.15) is 0 Å². The number of carbonyl (C=O) groups is 1. The summed E-state index contributed by atoms with van der Waals surface area (Å²) < 4.78 is 0. The summed E-state index contributed by atoms with van der Waals surface area (Å²) in [5, 5.41) is 11.3. The highest BCUT2D eigenvalue weighted by Crippen LogP contribution is 2.54. The molecule has 3 nitrogen and oxygen atoms in total. The van der Waals surface area contributed by atoms with Crippen molar-refractivity contribution < 1.29 is 9.90 Å². The van der Waals surface area contributed by atoms with Gasteiger partial charge in [0.2, 0.25) is 0 Å². The van der Waals surface area contributed by atoms with Crippen LogP contribution in [0.4, 0.5) is 0 Å². The molecule has 102 valence electrons. The maximum atomic E-state index is 12.6. The van der Waals surface area contributed by atoms with Crippen LogP contribution in [0, 0.1) is 11.3 Å². The van der Waals surface area contributed by atoms with Gasteiger partial charge in [0.15, 0.2) is 0 Å². The fourth-order valence-electron chi connectivity index (χ4n) is 4.86. The van der Waals surface area contributed by atoms with Crippen LogP contribution in [0.15, 0.2) is 0 Å². The second-order valence-corrected chi connectivity index (χ2v) is 6.78. The molecule has 1 aliphatic heterocycles. The molecule has 3 atom stereocenters. The van der Waals surface area contributed by atoms with Gasteiger partial charge in [0.25, 0.3) is 0 Å². The molecule has 3 aliphatic rings. The first-order valence-electron chi connectivity index (χ1n) is 7.53. The van der Waals surface area contributed by atoms with Crippen LogP contribution in [-0.2, 0) is 4.79 Å². The molecule has 0 aromatic rings. The van der Waals surface area contributed by atoms with Crippen molar-refractivity contribution in [2.45, 2.75) is 57.0 Å². The molecule has 3 fully saturated rings. The molecule has 0 bridgehead atoms. The summed E-state index contributed by atoms with van der Waals surface area (Å²) in [6.07, 6.45) is 7.95. The zero-order valence-electron chi connectivity index (χ0n) is 11.5. The van der Waals surface area contributed by atoms with Gasteiger partial charge in [-0.15, -0.1) is 0 Å². The quantitative estimate of drug-likeness (QED) is 0.715. The zero-order valence-corrected chi connectivity index (χ0v) is 11.5. The highest BCUT2D eigenvalue weighted by molar-refractivity contribution is 5.87. The molecule has 1 N–H and O–H groups in total. The van der Waals surface area contributed by atoms with Crippen LogP contribution >= 0.6 is 0 Å². The lowest BCUT2D eigenvalue weighted by atomic mass is 9.52. The molecule has 3 unspecified atom stereocenters. The molecule has 1 spiro atoms. The molecule has 0 amide bonds. The normalized spacial score (nSPS) is 46.1. The SMILES string of the molecule is CN1CC2CCCCC2(O)C2(CCCCC2=O)C1. The standard InChI is InChI=1S/C15H25NO2/c1-16-10-12-6-2-5-9-15(12,18)14(11-16)8-4-3-7-13(14)17/h12,18H,2-11H2,1H3. The third kappa shape index (κ3) is 1.60. The van der Waals surface area contributed by atoms with Crippen molar-refractivity contribution >= 4 is 5.78 Å². The first-order valence-corrected chi connectivity index (χ1v) is 7.53. The summed E-state index contributed by atoms with van der Waals surface area (Å²) in [5.41, 5.74) is -1.14. The number of fused-ring (bicyclic) bond motifs is 2. The maximum Gasteiger partial charge on any atom is 0.143 e. The fraction of sp³-hybridized carbons (Fsp3) is 0.933. The van der Waals surface area contributed by atoms with Crippen LogP contribution < -0.4 is 0 Å². The summed E-state index contributed by atoms with van der Waals surface area (Å²) in [5.74, 6) is 0.654. The largest absolute Gasteiger partial charge is 0.388 e. The molecular formula is C15H25NO2. The molecule has 3 heteroatoms. The zero-order chi connectivity index (χ0) is 12.8. The Morgan fingerprint density at radius 1 is 1.22 bits per heavy atom. The van der Waals surface area contributed by atoms with E-state index in [9.17, 15) is 9.90 Å². The number of nitrogens with zero attached hydrogens (tertiary/aromatic N) is 1. The van der Waals surface area contributed by atoms with Gasteiger partial charge in [-0.05, 0) is 32.7 Å². The number of piperidine rings is 1. The lowest BCUT2D eigenvalue weighted by Crippen LogP contribution is -2.68. The Morgan fingerprint density at radius 3 is 2.78 bits per heavy atom. The minimum Gasteiger partial charge on any atom is -0.388 e. The van der Waals surface area contributed by atoms with E-state index in [-0.39, 0.29) is 0 Å². The van der Waals surface area contributed by atoms with Gasteiger partial charge >= 0.3 is 0 Å². The van der Waals surface area contributed by atoms with Crippen molar-refractivity contribution in [1.82, 2.24) is 4.90 Å². The van der Waals surface area contributed by atoms with Gasteiger partial charge in [0.1, 0.15) is 5.78 Å². The van der Waals surface area contributed by atoms with E-state index in [4.69, 9.17) is 0 Å². The van der Waals surface area contributed by atoms with Crippen molar-refractivity contribution in [3.8, 4) is 0 Å². The monoisotopic (exact) mass is 251 g/mol. The average Bonchev–Trinajstić information content (AvgIpc) is 2.34. The number of Topliss-reactive ketones (excluding diaryl/α,β-unsaturated/α-hetero) is 1. The smallest absolute Gasteiger partial charge is 0.143 e. The predicted octanol–water partition coefficient (Wildman–Crippen LogP) is 1.98. The minimum atomic E-state index is -0.699. The topological polar surface area (TPSA) is 40.5 Å². The number of hydrogen-bond acceptors (Lipinski definition) is 3. The summed E-state index contributed by atoms with van der Waals surface area (Å²) in [6.45, 7) is 1.74. The molecular weight excluding hydrogens is 226 g/mol. The van der Waals surface area contributed by atoms with E-state index >= 15 is 0 Å². The molecule has 2 aliphatic carbocycles. The van der Waals surface area contributed by atoms with Crippen LogP contribution in [-0.4, -0.2) is 41.5 Å². The fourth-order valence-corrected chi connectivity index (χ4v) is 4.86. The predicted molar refractivity (Wildman–Crippen MR) is 70.3 cm³/mol. The third-order valence-electron chi connectivity index (χ3n) is 5.73. The van der Waals surface area contributed by atoms with Crippen LogP contribution in [0.1, 0.15) is 51.4 Å². The Balaban J connectivity index is 2.01. The van der Waals surface area contributed by atoms with E-state index < -0.39 is 11.0 Å². The number of hydrogen-bond donors (Lipinski definition) is 1. The number of aliphatic hydroxyl groups is 1. The van der Waals surface area contributed by atoms with E-state index in [1.165, 1.54) is 6.42 Å². The molecule has 0 aromatic carbocycles. The minimum absolute atomic E-state index is 0.312. The highest BCUT2D eigenvalue weighted by Gasteiger charge is 2.61. The summed E-state index contributed by atoms with van der Waals surface area (Å²) in [7, 11) is 2.11. The Labute approximate surface area is 110 Å². The second-order valence-electron chi connectivity index (χ2n) is 6.78. The number of carbonyl (C=O) groups excluding carboxylic acids is 1. The molecule has 1 saturated heterocycles. The van der Waals surface area contributed by atoms with Gasteiger partial charge in [0.05, 0.1) is 11.0 Å². The van der Waals surface area contributed by atoms with Crippen LogP contribution in [0.2, 0.25) is 0 Å². The maximum absolute atomic E-state index is 12.6. The van der Waals surface area contributed by atoms with E-state index in [0.29, 0.717) is 18.1 Å². The highest BCUT2D eigenvalue weighted by atomic mass is 16.3. The van der Waals surface area contributed by atoms with E-state index in [1.54, 1.807) is 0 Å². The Bertz CT molecular complexity index is 356. The summed E-state index contributed by atoms with van der Waals surface area (Å²) in [4.78, 5) is 14.9. The van der Waals surface area contributed by atoms with Crippen LogP contribution in [0.5, 0.6) is 0 Å². The van der Waals surface area contributed by atoms with Gasteiger partial charge in [0, 0.05) is 25.4 Å². The average molecular weight is 251 g/mol. The van der Waals surface area contributed by atoms with E-state index in [1.807, 2.05) is 0 Å². The van der Waals surface area contributed by atoms with Crippen molar-refractivity contribution in [3.63, 3.8) is 0 Å². The van der Waals surface area contributed by atoms with E-state index in [0.717, 1.165) is 51.6 Å². The molecule has 0 aromatic heterocycles. The van der Waals surface area contributed by atoms with Gasteiger partial charge in [-0.1, -0.05) is 19.3 Å². The van der Waals surface area contributed by atoms with Crippen LogP contribution in [0.25, 0.3) is 0 Å². The number of ketones is 1. The number of likely N-dealkylation sites (tertiary alicyclic amines) is 1. The molecule has 18 heavy (non-hydrogen) atoms. The molecule has 1 heterocycles. The Kier molecular flexibility index (Phi) is 3.02. The van der Waals surface area contributed by atoms with Crippen molar-refractivity contribution in [3.05, 3.63) is 0 Å². The van der Waals surface area contributed by atoms with Crippen LogP contribution in [0.3, 0.4) is 0 Å².